The predicted octanol–water partition coefficient (Wildman–Crippen LogP) is 0.356. The number of aliphatic hydroxyl groups excluding tert-OH is 4. The molecule has 1 aromatic carbocycles. The zero-order chi connectivity index (χ0) is 22.7. The number of benzene rings is 1. The average Bonchev–Trinajstić information content (AvgIpc) is 2.71. The molecule has 5 unspecified atom stereocenters. The number of anilines is 1. The van der Waals surface area contributed by atoms with Gasteiger partial charge in [-0.2, -0.15) is 0 Å². The Kier molecular flexibility index (Phi) is 9.58. The van der Waals surface area contributed by atoms with Gasteiger partial charge in [-0.25, -0.2) is 4.79 Å². The normalized spacial score (nSPS) is 26.1. The van der Waals surface area contributed by atoms with Gasteiger partial charge in [-0.1, -0.05) is 0 Å². The van der Waals surface area contributed by atoms with Gasteiger partial charge in [0.25, 0.3) is 0 Å². The lowest BCUT2D eigenvalue weighted by molar-refractivity contribution is -0.277. The fraction of sp³-hybridized carbons (Fsp3) is 0.500. The lowest BCUT2D eigenvalue weighted by atomic mass is 9.99. The summed E-state index contributed by atoms with van der Waals surface area (Å²) < 4.78 is 17.7. The molecule has 30 heavy (non-hydrogen) atoms. The molecule has 0 aliphatic carbocycles. The topological polar surface area (TPSA) is 167 Å². The second kappa shape index (κ2) is 11.1. The highest BCUT2D eigenvalue weighted by molar-refractivity contribution is 14.1. The first-order valence-electron chi connectivity index (χ1n) is 8.38. The summed E-state index contributed by atoms with van der Waals surface area (Å²) in [7, 11) is 1.38. The van der Waals surface area contributed by atoms with Crippen LogP contribution in [0.5, 0.6) is 11.5 Å². The molecule has 1 aliphatic rings. The minimum atomic E-state index is -1.64. The van der Waals surface area contributed by atoms with Crippen LogP contribution in [-0.2, 0) is 9.53 Å². The van der Waals surface area contributed by atoms with E-state index in [2.05, 4.69) is 10.6 Å². The summed E-state index contributed by atoms with van der Waals surface area (Å²) in [6.07, 6.45) is -8.18. The quantitative estimate of drug-likeness (QED) is 0.232. The van der Waals surface area contributed by atoms with E-state index in [4.69, 9.17) is 14.2 Å². The van der Waals surface area contributed by atoms with E-state index in [1.54, 1.807) is 0 Å². The van der Waals surface area contributed by atoms with Gasteiger partial charge in [0.2, 0.25) is 12.2 Å². The number of amides is 2. The lowest BCUT2D eigenvalue weighted by Gasteiger charge is -2.39. The summed E-state index contributed by atoms with van der Waals surface area (Å²) in [5.74, 6) is -0.181. The molecular formula is C16H19I3N2O9. The summed E-state index contributed by atoms with van der Waals surface area (Å²) in [6.45, 7) is 0.690. The van der Waals surface area contributed by atoms with Crippen LogP contribution in [0.15, 0.2) is 0 Å². The van der Waals surface area contributed by atoms with Crippen LogP contribution in [-0.4, -0.2) is 76.8 Å². The van der Waals surface area contributed by atoms with Crippen LogP contribution in [0.1, 0.15) is 6.92 Å². The van der Waals surface area contributed by atoms with Crippen molar-refractivity contribution in [2.24, 2.45) is 0 Å². The van der Waals surface area contributed by atoms with Crippen LogP contribution >= 0.6 is 67.8 Å². The Balaban J connectivity index is 2.53. The van der Waals surface area contributed by atoms with Crippen LogP contribution in [0.2, 0.25) is 0 Å². The Labute approximate surface area is 212 Å². The summed E-state index contributed by atoms with van der Waals surface area (Å²) in [5, 5.41) is 44.5. The van der Waals surface area contributed by atoms with E-state index < -0.39 is 43.4 Å². The number of nitrogens with one attached hydrogen (secondary N) is 2. The molecule has 0 aromatic heterocycles. The first kappa shape index (κ1) is 26.0. The van der Waals surface area contributed by atoms with Crippen molar-refractivity contribution in [3.63, 3.8) is 0 Å². The third-order valence-electron chi connectivity index (χ3n) is 4.02. The summed E-state index contributed by atoms with van der Waals surface area (Å²) >= 11 is 5.69. The first-order chi connectivity index (χ1) is 14.0. The zero-order valence-electron chi connectivity index (χ0n) is 15.6. The summed E-state index contributed by atoms with van der Waals surface area (Å²) in [4.78, 5) is 23.5. The van der Waals surface area contributed by atoms with Gasteiger partial charge >= 0.3 is 6.09 Å². The van der Waals surface area contributed by atoms with E-state index in [0.717, 1.165) is 0 Å². The Bertz CT molecular complexity index is 824. The fourth-order valence-electron chi connectivity index (χ4n) is 2.52. The van der Waals surface area contributed by atoms with Gasteiger partial charge in [0.05, 0.1) is 19.4 Å². The molecule has 0 saturated carbocycles. The predicted molar refractivity (Wildman–Crippen MR) is 128 cm³/mol. The van der Waals surface area contributed by atoms with Crippen molar-refractivity contribution in [3.8, 4) is 11.5 Å². The molecule has 0 radical (unpaired) electrons. The van der Waals surface area contributed by atoms with Gasteiger partial charge in [-0.3, -0.25) is 4.79 Å². The van der Waals surface area contributed by atoms with Gasteiger partial charge in [-0.15, -0.1) is 0 Å². The molecule has 1 heterocycles. The molecule has 168 valence electrons. The number of aliphatic hydroxyl groups is 4. The highest BCUT2D eigenvalue weighted by Gasteiger charge is 2.45. The zero-order valence-corrected chi connectivity index (χ0v) is 22.0. The van der Waals surface area contributed by atoms with Crippen molar-refractivity contribution < 1.29 is 44.2 Å². The van der Waals surface area contributed by atoms with E-state index in [9.17, 15) is 30.0 Å². The molecule has 5 atom stereocenters. The smallest absolute Gasteiger partial charge is 0.412 e. The lowest BCUT2D eigenvalue weighted by Crippen LogP contribution is -2.60. The van der Waals surface area contributed by atoms with E-state index >= 15 is 0 Å². The minimum Gasteiger partial charge on any atom is -0.460 e. The van der Waals surface area contributed by atoms with Crippen molar-refractivity contribution in [1.82, 2.24) is 5.32 Å². The maximum atomic E-state index is 11.8. The van der Waals surface area contributed by atoms with E-state index in [-0.39, 0.29) is 17.4 Å². The second-order valence-electron chi connectivity index (χ2n) is 6.11. The van der Waals surface area contributed by atoms with Gasteiger partial charge in [0.1, 0.15) is 28.0 Å². The van der Waals surface area contributed by atoms with Crippen molar-refractivity contribution in [2.45, 2.75) is 37.6 Å². The summed E-state index contributed by atoms with van der Waals surface area (Å²) in [6, 6.07) is 0. The number of hydrogen-bond donors (Lipinski definition) is 6. The number of rotatable bonds is 5. The average molecular weight is 764 g/mol. The SMILES string of the molecule is CNC(=O)Oc1c(I)c(NC(C)=O)c(I)c(OC2OC(CO)C(O)C(O)C2O)c1I. The number of ether oxygens (including phenoxy) is 3. The van der Waals surface area contributed by atoms with Gasteiger partial charge in [-0.05, 0) is 67.8 Å². The minimum absolute atomic E-state index is 0.0966. The van der Waals surface area contributed by atoms with Gasteiger partial charge in [0.15, 0.2) is 11.5 Å². The molecule has 1 saturated heterocycles. The number of hydrogen-bond acceptors (Lipinski definition) is 9. The Hall–Kier alpha value is -0.250. The van der Waals surface area contributed by atoms with Crippen LogP contribution in [0.3, 0.4) is 0 Å². The number of carbonyl (C=O) groups is 2. The third kappa shape index (κ3) is 5.56. The molecule has 1 aliphatic heterocycles. The summed E-state index contributed by atoms with van der Waals surface area (Å²) in [5.41, 5.74) is 0.308. The molecule has 11 nitrogen and oxygen atoms in total. The van der Waals surface area contributed by atoms with Crippen molar-refractivity contribution in [3.05, 3.63) is 10.7 Å². The fourth-order valence-corrected chi connectivity index (χ4v) is 6.43. The highest BCUT2D eigenvalue weighted by Crippen LogP contribution is 2.45. The van der Waals surface area contributed by atoms with Gasteiger partial charge < -0.3 is 45.3 Å². The number of halogens is 3. The monoisotopic (exact) mass is 764 g/mol. The number of carbonyl (C=O) groups excluding carboxylic acids is 2. The van der Waals surface area contributed by atoms with Crippen LogP contribution < -0.4 is 20.1 Å². The largest absolute Gasteiger partial charge is 0.460 e. The maximum absolute atomic E-state index is 11.8. The van der Waals surface area contributed by atoms with Crippen molar-refractivity contribution >= 4 is 85.5 Å². The Morgan fingerprint density at radius 1 is 1.03 bits per heavy atom. The standard InChI is InChI=1S/C16H19I3N2O9/c1-4(23)21-9-6(17)13(8(19)14(7(9)18)30-16(27)20-2)29-15-12(26)11(25)10(24)5(3-22)28-15/h5,10-12,15,22,24-26H,3H2,1-2H3,(H,20,27)(H,21,23). The Morgan fingerprint density at radius 3 is 2.17 bits per heavy atom. The van der Waals surface area contributed by atoms with Crippen molar-refractivity contribution in [2.75, 3.05) is 19.0 Å². The molecular weight excluding hydrogens is 745 g/mol. The molecule has 2 rings (SSSR count). The molecule has 0 spiro atoms. The maximum Gasteiger partial charge on any atom is 0.412 e. The van der Waals surface area contributed by atoms with Crippen LogP contribution in [0.4, 0.5) is 10.5 Å². The van der Waals surface area contributed by atoms with Crippen molar-refractivity contribution in [1.29, 1.82) is 0 Å². The Morgan fingerprint density at radius 2 is 1.63 bits per heavy atom. The van der Waals surface area contributed by atoms with E-state index in [1.807, 2.05) is 67.8 Å². The molecule has 2 amide bonds. The van der Waals surface area contributed by atoms with Crippen LogP contribution in [0.25, 0.3) is 0 Å². The second-order valence-corrected chi connectivity index (χ2v) is 9.35. The van der Waals surface area contributed by atoms with Crippen LogP contribution in [0, 0.1) is 10.7 Å². The third-order valence-corrected chi connectivity index (χ3v) is 7.06. The first-order valence-corrected chi connectivity index (χ1v) is 11.6. The molecule has 1 aromatic rings. The molecule has 14 heteroatoms. The molecule has 0 bridgehead atoms. The van der Waals surface area contributed by atoms with E-state index in [0.29, 0.717) is 16.4 Å². The molecule has 6 N–H and O–H groups in total. The van der Waals surface area contributed by atoms with Gasteiger partial charge in [0, 0.05) is 14.0 Å². The molecule has 1 fully saturated rings. The highest BCUT2D eigenvalue weighted by atomic mass is 127. The van der Waals surface area contributed by atoms with E-state index in [1.165, 1.54) is 14.0 Å².